The van der Waals surface area contributed by atoms with E-state index in [9.17, 15) is 9.18 Å². The Morgan fingerprint density at radius 3 is 2.35 bits per heavy atom. The minimum absolute atomic E-state index is 0.146. The highest BCUT2D eigenvalue weighted by Crippen LogP contribution is 2.21. The first-order valence-corrected chi connectivity index (χ1v) is 7.72. The van der Waals surface area contributed by atoms with E-state index in [0.717, 1.165) is 16.8 Å². The monoisotopic (exact) mass is 310 g/mol. The molecule has 3 nitrogen and oxygen atoms in total. The van der Waals surface area contributed by atoms with Crippen LogP contribution in [0.2, 0.25) is 0 Å². The van der Waals surface area contributed by atoms with Gasteiger partial charge in [0.05, 0.1) is 16.6 Å². The van der Waals surface area contributed by atoms with Crippen LogP contribution in [-0.4, -0.2) is 9.55 Å². The van der Waals surface area contributed by atoms with Crippen LogP contribution in [0.4, 0.5) is 4.39 Å². The van der Waals surface area contributed by atoms with E-state index in [1.54, 1.807) is 17.6 Å². The molecular formula is C19H19FN2O. The summed E-state index contributed by atoms with van der Waals surface area (Å²) in [6.45, 7) is 7.57. The van der Waals surface area contributed by atoms with Crippen LogP contribution in [0, 0.1) is 26.6 Å². The summed E-state index contributed by atoms with van der Waals surface area (Å²) in [5, 5.41) is 0.448. The zero-order valence-electron chi connectivity index (χ0n) is 13.8. The lowest BCUT2D eigenvalue weighted by molar-refractivity contribution is 0.620. The van der Waals surface area contributed by atoms with Crippen molar-refractivity contribution in [1.29, 1.82) is 0 Å². The molecule has 0 saturated heterocycles. The summed E-state index contributed by atoms with van der Waals surface area (Å²) >= 11 is 0. The van der Waals surface area contributed by atoms with Crippen molar-refractivity contribution in [3.05, 3.63) is 69.0 Å². The third kappa shape index (κ3) is 2.44. The molecule has 0 unspecified atom stereocenters. The number of hydrogen-bond donors (Lipinski definition) is 0. The molecule has 118 valence electrons. The first-order valence-electron chi connectivity index (χ1n) is 7.72. The Balaban J connectivity index is 2.48. The van der Waals surface area contributed by atoms with E-state index in [4.69, 9.17) is 0 Å². The zero-order valence-corrected chi connectivity index (χ0v) is 13.8. The van der Waals surface area contributed by atoms with Gasteiger partial charge in [-0.1, -0.05) is 25.1 Å². The van der Waals surface area contributed by atoms with E-state index >= 15 is 0 Å². The molecule has 0 aliphatic carbocycles. The molecule has 0 amide bonds. The minimum Gasteiger partial charge on any atom is -0.268 e. The van der Waals surface area contributed by atoms with Crippen LogP contribution in [0.3, 0.4) is 0 Å². The fourth-order valence-corrected chi connectivity index (χ4v) is 2.99. The number of hydrogen-bond acceptors (Lipinski definition) is 2. The number of aromatic nitrogens is 2. The maximum Gasteiger partial charge on any atom is 0.265 e. The smallest absolute Gasteiger partial charge is 0.265 e. The second kappa shape index (κ2) is 5.61. The summed E-state index contributed by atoms with van der Waals surface area (Å²) in [6, 6.07) is 8.87. The van der Waals surface area contributed by atoms with Gasteiger partial charge in [0.1, 0.15) is 11.6 Å². The Morgan fingerprint density at radius 2 is 1.74 bits per heavy atom. The normalized spacial score (nSPS) is 11.2. The number of benzene rings is 2. The van der Waals surface area contributed by atoms with Crippen LogP contribution < -0.4 is 5.56 Å². The van der Waals surface area contributed by atoms with Crippen molar-refractivity contribution < 1.29 is 4.39 Å². The second-order valence-electron chi connectivity index (χ2n) is 5.88. The van der Waals surface area contributed by atoms with Crippen molar-refractivity contribution in [2.75, 3.05) is 0 Å². The summed E-state index contributed by atoms with van der Waals surface area (Å²) in [4.78, 5) is 17.6. The van der Waals surface area contributed by atoms with Crippen molar-refractivity contribution in [3.8, 4) is 5.69 Å². The zero-order chi connectivity index (χ0) is 16.7. The van der Waals surface area contributed by atoms with E-state index in [-0.39, 0.29) is 11.4 Å². The highest BCUT2D eigenvalue weighted by Gasteiger charge is 2.16. The Kier molecular flexibility index (Phi) is 3.76. The minimum atomic E-state index is -0.337. The van der Waals surface area contributed by atoms with E-state index < -0.39 is 0 Å². The number of rotatable bonds is 2. The van der Waals surface area contributed by atoms with Gasteiger partial charge in [-0.25, -0.2) is 9.37 Å². The van der Waals surface area contributed by atoms with Gasteiger partial charge >= 0.3 is 0 Å². The van der Waals surface area contributed by atoms with Gasteiger partial charge in [0.2, 0.25) is 0 Å². The molecule has 0 radical (unpaired) electrons. The molecule has 0 fully saturated rings. The fourth-order valence-electron chi connectivity index (χ4n) is 2.99. The largest absolute Gasteiger partial charge is 0.268 e. The first-order chi connectivity index (χ1) is 10.9. The SMILES string of the molecule is CCc1nc2cc(F)c(C)cc2c(=O)n1-c1c(C)cccc1C. The molecule has 0 atom stereocenters. The summed E-state index contributed by atoms with van der Waals surface area (Å²) in [7, 11) is 0. The highest BCUT2D eigenvalue weighted by atomic mass is 19.1. The first kappa shape index (κ1) is 15.4. The molecule has 1 heterocycles. The van der Waals surface area contributed by atoms with Crippen LogP contribution in [0.5, 0.6) is 0 Å². The quantitative estimate of drug-likeness (QED) is 0.717. The Morgan fingerprint density at radius 1 is 1.09 bits per heavy atom. The predicted octanol–water partition coefficient (Wildman–Crippen LogP) is 4.01. The molecule has 0 spiro atoms. The fraction of sp³-hybridized carbons (Fsp3) is 0.263. The molecule has 1 aromatic heterocycles. The standard InChI is InChI=1S/C19H19FN2O/c1-5-17-21-16-10-15(20)13(4)9-14(16)19(23)22(17)18-11(2)7-6-8-12(18)3/h6-10H,5H2,1-4H3. The Labute approximate surface area is 134 Å². The molecule has 2 aromatic carbocycles. The topological polar surface area (TPSA) is 34.9 Å². The molecule has 0 aliphatic heterocycles. The summed E-state index contributed by atoms with van der Waals surface area (Å²) in [6.07, 6.45) is 0.592. The van der Waals surface area contributed by atoms with E-state index in [2.05, 4.69) is 4.98 Å². The number of halogens is 1. The molecule has 0 saturated carbocycles. The third-order valence-electron chi connectivity index (χ3n) is 4.20. The van der Waals surface area contributed by atoms with Crippen LogP contribution in [0.1, 0.15) is 29.4 Å². The van der Waals surface area contributed by atoms with Gasteiger partial charge in [-0.2, -0.15) is 0 Å². The molecule has 23 heavy (non-hydrogen) atoms. The van der Waals surface area contributed by atoms with Crippen molar-refractivity contribution in [2.45, 2.75) is 34.1 Å². The van der Waals surface area contributed by atoms with Gasteiger partial charge in [0.15, 0.2) is 0 Å². The van der Waals surface area contributed by atoms with Crippen LogP contribution in [0.25, 0.3) is 16.6 Å². The highest BCUT2D eigenvalue weighted by molar-refractivity contribution is 5.79. The maximum absolute atomic E-state index is 13.8. The van der Waals surface area contributed by atoms with Gasteiger partial charge in [0.25, 0.3) is 5.56 Å². The number of aryl methyl sites for hydroxylation is 4. The summed E-state index contributed by atoms with van der Waals surface area (Å²) in [5.74, 6) is 0.305. The third-order valence-corrected chi connectivity index (χ3v) is 4.20. The van der Waals surface area contributed by atoms with Gasteiger partial charge in [-0.15, -0.1) is 0 Å². The summed E-state index contributed by atoms with van der Waals surface area (Å²) in [5.41, 5.74) is 3.62. The van der Waals surface area contributed by atoms with E-state index in [0.29, 0.717) is 28.7 Å². The molecule has 4 heteroatoms. The lowest BCUT2D eigenvalue weighted by Crippen LogP contribution is -2.25. The van der Waals surface area contributed by atoms with Crippen LogP contribution in [0.15, 0.2) is 35.1 Å². The molecule has 0 aliphatic rings. The summed E-state index contributed by atoms with van der Waals surface area (Å²) < 4.78 is 15.5. The molecule has 3 rings (SSSR count). The van der Waals surface area contributed by atoms with Crippen molar-refractivity contribution in [2.24, 2.45) is 0 Å². The lowest BCUT2D eigenvalue weighted by Gasteiger charge is -2.17. The van der Waals surface area contributed by atoms with Gasteiger partial charge in [0, 0.05) is 12.5 Å². The average Bonchev–Trinajstić information content (AvgIpc) is 2.51. The van der Waals surface area contributed by atoms with Crippen molar-refractivity contribution >= 4 is 10.9 Å². The number of para-hydroxylation sites is 1. The van der Waals surface area contributed by atoms with Gasteiger partial charge < -0.3 is 0 Å². The Bertz CT molecular complexity index is 953. The van der Waals surface area contributed by atoms with E-state index in [1.807, 2.05) is 39.0 Å². The van der Waals surface area contributed by atoms with Crippen LogP contribution >= 0.6 is 0 Å². The number of fused-ring (bicyclic) bond motifs is 1. The average molecular weight is 310 g/mol. The maximum atomic E-state index is 13.8. The van der Waals surface area contributed by atoms with Gasteiger partial charge in [-0.05, 0) is 43.5 Å². The lowest BCUT2D eigenvalue weighted by atomic mass is 10.1. The Hall–Kier alpha value is -2.49. The molecule has 3 aromatic rings. The van der Waals surface area contributed by atoms with Crippen LogP contribution in [-0.2, 0) is 6.42 Å². The molecule has 0 bridgehead atoms. The molecule has 0 N–H and O–H groups in total. The number of nitrogens with zero attached hydrogens (tertiary/aromatic N) is 2. The predicted molar refractivity (Wildman–Crippen MR) is 90.9 cm³/mol. The van der Waals surface area contributed by atoms with Crippen molar-refractivity contribution in [1.82, 2.24) is 9.55 Å². The molecular weight excluding hydrogens is 291 g/mol. The van der Waals surface area contributed by atoms with Gasteiger partial charge in [-0.3, -0.25) is 9.36 Å². The van der Waals surface area contributed by atoms with E-state index in [1.165, 1.54) is 6.07 Å². The van der Waals surface area contributed by atoms with Crippen molar-refractivity contribution in [3.63, 3.8) is 0 Å². The second-order valence-corrected chi connectivity index (χ2v) is 5.88.